The first kappa shape index (κ1) is 29.5. The van der Waals surface area contributed by atoms with E-state index in [1.54, 1.807) is 24.3 Å². The minimum atomic E-state index is -1.24. The SMILES string of the molecule is CSCCC(NC(=O)C(N)Cc1ccc(O)cc1)C(=O)NC(Cc1ccc(O)cc1)C(=O)NCC(=O)O. The number of nitrogens with two attached hydrogens (primary N) is 1. The van der Waals surface area contributed by atoms with Crippen LogP contribution in [0, 0.1) is 0 Å². The quantitative estimate of drug-likeness (QED) is 0.177. The van der Waals surface area contributed by atoms with Gasteiger partial charge in [0.25, 0.3) is 0 Å². The summed E-state index contributed by atoms with van der Waals surface area (Å²) in [5.74, 6) is -2.46. The van der Waals surface area contributed by atoms with Gasteiger partial charge < -0.3 is 37.0 Å². The van der Waals surface area contributed by atoms with Crippen molar-refractivity contribution in [3.8, 4) is 11.5 Å². The Morgan fingerprint density at radius 3 is 1.84 bits per heavy atom. The Hall–Kier alpha value is -3.77. The summed E-state index contributed by atoms with van der Waals surface area (Å²) in [6, 6.07) is 9.20. The topological polar surface area (TPSA) is 191 Å². The number of carboxylic acid groups (broad SMARTS) is 1. The second kappa shape index (κ2) is 14.7. The number of hydrogen-bond donors (Lipinski definition) is 7. The minimum absolute atomic E-state index is 0.0288. The highest BCUT2D eigenvalue weighted by atomic mass is 32.2. The van der Waals surface area contributed by atoms with Crippen LogP contribution in [0.25, 0.3) is 0 Å². The van der Waals surface area contributed by atoms with Gasteiger partial charge in [-0.3, -0.25) is 19.2 Å². The zero-order valence-electron chi connectivity index (χ0n) is 20.3. The van der Waals surface area contributed by atoms with Crippen molar-refractivity contribution in [2.75, 3.05) is 18.6 Å². The summed E-state index contributed by atoms with van der Waals surface area (Å²) in [6.45, 7) is -0.625. The highest BCUT2D eigenvalue weighted by molar-refractivity contribution is 7.98. The Morgan fingerprint density at radius 1 is 0.811 bits per heavy atom. The lowest BCUT2D eigenvalue weighted by Gasteiger charge is -2.24. The molecule has 12 heteroatoms. The van der Waals surface area contributed by atoms with Crippen molar-refractivity contribution in [1.29, 1.82) is 0 Å². The smallest absolute Gasteiger partial charge is 0.322 e. The third kappa shape index (κ3) is 10.4. The van der Waals surface area contributed by atoms with Crippen LogP contribution in [0.15, 0.2) is 48.5 Å². The van der Waals surface area contributed by atoms with E-state index in [2.05, 4.69) is 16.0 Å². The van der Waals surface area contributed by atoms with Gasteiger partial charge in [-0.05, 0) is 60.2 Å². The second-order valence-corrected chi connectivity index (χ2v) is 9.35. The van der Waals surface area contributed by atoms with Crippen molar-refractivity contribution < 1.29 is 34.5 Å². The lowest BCUT2D eigenvalue weighted by Crippen LogP contribution is -2.56. The average Bonchev–Trinajstić information content (AvgIpc) is 2.86. The van der Waals surface area contributed by atoms with Crippen LogP contribution in [0.4, 0.5) is 0 Å². The van der Waals surface area contributed by atoms with Gasteiger partial charge >= 0.3 is 5.97 Å². The van der Waals surface area contributed by atoms with E-state index in [4.69, 9.17) is 10.8 Å². The van der Waals surface area contributed by atoms with Gasteiger partial charge in [-0.2, -0.15) is 11.8 Å². The van der Waals surface area contributed by atoms with Gasteiger partial charge in [0.2, 0.25) is 17.7 Å². The molecule has 0 aliphatic heterocycles. The molecule has 0 aromatic heterocycles. The molecule has 2 aromatic rings. The van der Waals surface area contributed by atoms with Crippen molar-refractivity contribution in [3.63, 3.8) is 0 Å². The highest BCUT2D eigenvalue weighted by Crippen LogP contribution is 2.13. The number of thioether (sulfide) groups is 1. The largest absolute Gasteiger partial charge is 0.508 e. The molecule has 0 radical (unpaired) electrons. The van der Waals surface area contributed by atoms with E-state index in [9.17, 15) is 29.4 Å². The van der Waals surface area contributed by atoms with Gasteiger partial charge in [0.1, 0.15) is 30.1 Å². The molecule has 37 heavy (non-hydrogen) atoms. The molecule has 0 bridgehead atoms. The molecule has 11 nitrogen and oxygen atoms in total. The van der Waals surface area contributed by atoms with Crippen molar-refractivity contribution in [1.82, 2.24) is 16.0 Å². The summed E-state index contributed by atoms with van der Waals surface area (Å²) < 4.78 is 0. The molecule has 0 saturated carbocycles. The molecule has 3 atom stereocenters. The zero-order valence-corrected chi connectivity index (χ0v) is 21.2. The number of carbonyl (C=O) groups excluding carboxylic acids is 3. The van der Waals surface area contributed by atoms with Crippen LogP contribution >= 0.6 is 11.8 Å². The standard InChI is InChI=1S/C25H32N4O7S/c1-37-11-10-20(28-23(34)19(26)12-15-2-6-17(30)7-3-15)25(36)29-21(24(35)27-14-22(32)33)13-16-4-8-18(31)9-5-16/h2-9,19-21,30-31H,10-14,26H2,1H3,(H,27,35)(H,28,34)(H,29,36)(H,32,33). The van der Waals surface area contributed by atoms with E-state index in [-0.39, 0.29) is 30.8 Å². The van der Waals surface area contributed by atoms with Crippen molar-refractivity contribution >= 4 is 35.5 Å². The number of carboxylic acids is 1. The Balaban J connectivity index is 2.12. The van der Waals surface area contributed by atoms with E-state index in [1.807, 2.05) is 6.26 Å². The van der Waals surface area contributed by atoms with Gasteiger partial charge in [0, 0.05) is 6.42 Å². The minimum Gasteiger partial charge on any atom is -0.508 e. The molecule has 2 aromatic carbocycles. The number of aliphatic carboxylic acids is 1. The summed E-state index contributed by atoms with van der Waals surface area (Å²) in [5.41, 5.74) is 7.40. The van der Waals surface area contributed by atoms with Crippen LogP contribution in [0.5, 0.6) is 11.5 Å². The van der Waals surface area contributed by atoms with Crippen molar-refractivity contribution in [2.45, 2.75) is 37.4 Å². The monoisotopic (exact) mass is 532 g/mol. The van der Waals surface area contributed by atoms with Crippen LogP contribution in [0.1, 0.15) is 17.5 Å². The first-order valence-electron chi connectivity index (χ1n) is 11.5. The van der Waals surface area contributed by atoms with E-state index >= 15 is 0 Å². The summed E-state index contributed by atoms with van der Waals surface area (Å²) in [5, 5.41) is 35.3. The summed E-state index contributed by atoms with van der Waals surface area (Å²) in [7, 11) is 0. The Bertz CT molecular complexity index is 1060. The zero-order chi connectivity index (χ0) is 27.4. The molecule has 0 aliphatic carbocycles. The molecule has 2 rings (SSSR count). The van der Waals surface area contributed by atoms with E-state index in [0.29, 0.717) is 11.3 Å². The number of amides is 3. The van der Waals surface area contributed by atoms with Crippen LogP contribution in [-0.2, 0) is 32.0 Å². The summed E-state index contributed by atoms with van der Waals surface area (Å²) >= 11 is 1.47. The fraction of sp³-hybridized carbons (Fsp3) is 0.360. The lowest BCUT2D eigenvalue weighted by molar-refractivity contribution is -0.138. The van der Waals surface area contributed by atoms with Crippen LogP contribution in [0.3, 0.4) is 0 Å². The molecule has 3 amide bonds. The van der Waals surface area contributed by atoms with E-state index in [0.717, 1.165) is 5.56 Å². The fourth-order valence-electron chi connectivity index (χ4n) is 3.40. The maximum Gasteiger partial charge on any atom is 0.322 e. The van der Waals surface area contributed by atoms with E-state index < -0.39 is 48.4 Å². The number of carbonyl (C=O) groups is 4. The van der Waals surface area contributed by atoms with Crippen LogP contribution in [0.2, 0.25) is 0 Å². The third-order valence-corrected chi connectivity index (χ3v) is 6.04. The predicted octanol–water partition coefficient (Wildman–Crippen LogP) is 0.134. The highest BCUT2D eigenvalue weighted by Gasteiger charge is 2.28. The van der Waals surface area contributed by atoms with Crippen molar-refractivity contribution in [2.24, 2.45) is 5.73 Å². The molecule has 0 saturated heterocycles. The predicted molar refractivity (Wildman–Crippen MR) is 139 cm³/mol. The van der Waals surface area contributed by atoms with Gasteiger partial charge in [0.15, 0.2) is 0 Å². The molecule has 3 unspecified atom stereocenters. The Kier molecular flexibility index (Phi) is 11.7. The number of phenolic OH excluding ortho intramolecular Hbond substituents is 2. The van der Waals surface area contributed by atoms with E-state index in [1.165, 1.54) is 36.0 Å². The number of benzene rings is 2. The van der Waals surface area contributed by atoms with Gasteiger partial charge in [0.05, 0.1) is 6.04 Å². The lowest BCUT2D eigenvalue weighted by atomic mass is 10.0. The number of hydrogen-bond acceptors (Lipinski definition) is 8. The first-order chi connectivity index (χ1) is 17.6. The Morgan fingerprint density at radius 2 is 1.32 bits per heavy atom. The van der Waals surface area contributed by atoms with Crippen LogP contribution < -0.4 is 21.7 Å². The van der Waals surface area contributed by atoms with Gasteiger partial charge in [-0.25, -0.2) is 0 Å². The first-order valence-corrected chi connectivity index (χ1v) is 12.9. The molecule has 200 valence electrons. The second-order valence-electron chi connectivity index (χ2n) is 8.36. The molecule has 0 spiro atoms. The number of nitrogens with one attached hydrogen (secondary N) is 3. The maximum absolute atomic E-state index is 13.2. The average molecular weight is 533 g/mol. The maximum atomic E-state index is 13.2. The number of phenols is 2. The molecule has 0 fully saturated rings. The molecule has 8 N–H and O–H groups in total. The normalized spacial score (nSPS) is 13.1. The number of aromatic hydroxyl groups is 2. The third-order valence-electron chi connectivity index (χ3n) is 5.40. The van der Waals surface area contributed by atoms with Gasteiger partial charge in [-0.15, -0.1) is 0 Å². The summed E-state index contributed by atoms with van der Waals surface area (Å²) in [4.78, 5) is 49.5. The summed E-state index contributed by atoms with van der Waals surface area (Å²) in [6.07, 6.45) is 2.33. The molecular weight excluding hydrogens is 500 g/mol. The fourth-order valence-corrected chi connectivity index (χ4v) is 3.87. The van der Waals surface area contributed by atoms with Crippen molar-refractivity contribution in [3.05, 3.63) is 59.7 Å². The van der Waals surface area contributed by atoms with Gasteiger partial charge in [-0.1, -0.05) is 24.3 Å². The Labute approximate surface area is 218 Å². The molecular formula is C25H32N4O7S. The number of rotatable bonds is 14. The van der Waals surface area contributed by atoms with Crippen LogP contribution in [-0.4, -0.2) is 75.7 Å². The molecule has 0 heterocycles. The molecule has 0 aliphatic rings.